The van der Waals surface area contributed by atoms with Gasteiger partial charge in [-0.25, -0.2) is 0 Å². The van der Waals surface area contributed by atoms with Crippen LogP contribution in [0.1, 0.15) is 35.7 Å². The van der Waals surface area contributed by atoms with Gasteiger partial charge in [-0.1, -0.05) is 6.07 Å². The number of benzene rings is 1. The van der Waals surface area contributed by atoms with Gasteiger partial charge in [-0.05, 0) is 50.3 Å². The largest absolute Gasteiger partial charge is 0.494 e. The molecular formula is C15H22N2O2. The smallest absolute Gasteiger partial charge is 0.251 e. The zero-order chi connectivity index (χ0) is 13.8. The molecule has 0 spiro atoms. The van der Waals surface area contributed by atoms with Gasteiger partial charge < -0.3 is 15.8 Å². The predicted octanol–water partition coefficient (Wildman–Crippen LogP) is 1.86. The van der Waals surface area contributed by atoms with Crippen LogP contribution in [0.2, 0.25) is 0 Å². The molecule has 1 atom stereocenters. The Morgan fingerprint density at radius 1 is 1.53 bits per heavy atom. The van der Waals surface area contributed by atoms with E-state index >= 15 is 0 Å². The van der Waals surface area contributed by atoms with Crippen LogP contribution in [0.5, 0.6) is 5.75 Å². The fourth-order valence-electron chi connectivity index (χ4n) is 2.06. The lowest BCUT2D eigenvalue weighted by atomic mass is 10.1. The van der Waals surface area contributed by atoms with Gasteiger partial charge in [0.25, 0.3) is 5.91 Å². The molecule has 1 saturated carbocycles. The lowest BCUT2D eigenvalue weighted by Gasteiger charge is -2.13. The van der Waals surface area contributed by atoms with Gasteiger partial charge in [0.15, 0.2) is 0 Å². The van der Waals surface area contributed by atoms with Crippen molar-refractivity contribution in [1.82, 2.24) is 5.32 Å². The topological polar surface area (TPSA) is 64.3 Å². The molecule has 0 aromatic heterocycles. The van der Waals surface area contributed by atoms with Crippen LogP contribution < -0.4 is 15.8 Å². The normalized spacial score (nSPS) is 15.9. The minimum absolute atomic E-state index is 0.0840. The van der Waals surface area contributed by atoms with Crippen LogP contribution in [-0.4, -0.2) is 25.1 Å². The zero-order valence-corrected chi connectivity index (χ0v) is 11.6. The molecule has 0 bridgehead atoms. The first-order chi connectivity index (χ1) is 9.11. The Kier molecular flexibility index (Phi) is 4.43. The second-order valence-electron chi connectivity index (χ2n) is 5.12. The van der Waals surface area contributed by atoms with Crippen molar-refractivity contribution in [3.63, 3.8) is 0 Å². The van der Waals surface area contributed by atoms with Gasteiger partial charge in [-0.3, -0.25) is 4.79 Å². The van der Waals surface area contributed by atoms with Gasteiger partial charge in [-0.2, -0.15) is 0 Å². The number of amides is 1. The molecule has 1 aliphatic carbocycles. The summed E-state index contributed by atoms with van der Waals surface area (Å²) in [6.45, 7) is 5.04. The van der Waals surface area contributed by atoms with Crippen molar-refractivity contribution >= 4 is 5.91 Å². The first kappa shape index (κ1) is 13.9. The molecule has 1 aromatic rings. The molecule has 0 heterocycles. The number of nitrogens with one attached hydrogen (secondary N) is 1. The number of hydrogen-bond acceptors (Lipinski definition) is 3. The Morgan fingerprint density at radius 3 is 2.89 bits per heavy atom. The standard InChI is InChI=1S/C15H22N2O2/c1-3-19-14-8-12(5-4-10(14)2)15(18)17-9-13(16)11-6-7-11/h4-5,8,11,13H,3,6-7,9,16H2,1-2H3,(H,17,18). The lowest BCUT2D eigenvalue weighted by Crippen LogP contribution is -2.38. The average molecular weight is 262 g/mol. The molecule has 3 N–H and O–H groups in total. The Bertz CT molecular complexity index is 455. The second kappa shape index (κ2) is 6.06. The SMILES string of the molecule is CCOc1cc(C(=O)NCC(N)C2CC2)ccc1C. The van der Waals surface area contributed by atoms with E-state index < -0.39 is 0 Å². The van der Waals surface area contributed by atoms with E-state index in [1.54, 1.807) is 6.07 Å². The number of rotatable bonds is 6. The highest BCUT2D eigenvalue weighted by Gasteiger charge is 2.28. The summed E-state index contributed by atoms with van der Waals surface area (Å²) in [5, 5.41) is 2.89. The zero-order valence-electron chi connectivity index (χ0n) is 11.6. The summed E-state index contributed by atoms with van der Waals surface area (Å²) < 4.78 is 5.50. The van der Waals surface area contributed by atoms with Crippen LogP contribution in [0, 0.1) is 12.8 Å². The highest BCUT2D eigenvalue weighted by Crippen LogP contribution is 2.31. The van der Waals surface area contributed by atoms with Crippen LogP contribution in [-0.2, 0) is 0 Å². The van der Waals surface area contributed by atoms with E-state index in [4.69, 9.17) is 10.5 Å². The molecule has 4 nitrogen and oxygen atoms in total. The molecule has 0 saturated heterocycles. The molecule has 19 heavy (non-hydrogen) atoms. The van der Waals surface area contributed by atoms with Crippen molar-refractivity contribution in [2.24, 2.45) is 11.7 Å². The Balaban J connectivity index is 1.95. The molecule has 1 amide bonds. The van der Waals surface area contributed by atoms with E-state index in [2.05, 4.69) is 5.32 Å². The molecule has 1 aliphatic rings. The second-order valence-corrected chi connectivity index (χ2v) is 5.12. The molecule has 1 aromatic carbocycles. The van der Waals surface area contributed by atoms with E-state index in [0.717, 1.165) is 11.3 Å². The van der Waals surface area contributed by atoms with Crippen molar-refractivity contribution in [1.29, 1.82) is 0 Å². The van der Waals surface area contributed by atoms with Gasteiger partial charge in [0.05, 0.1) is 6.61 Å². The molecule has 1 fully saturated rings. The minimum atomic E-state index is -0.0861. The third-order valence-electron chi connectivity index (χ3n) is 3.48. The molecule has 104 valence electrons. The third kappa shape index (κ3) is 3.70. The number of carbonyl (C=O) groups is 1. The van der Waals surface area contributed by atoms with E-state index in [1.807, 2.05) is 26.0 Å². The van der Waals surface area contributed by atoms with Crippen LogP contribution >= 0.6 is 0 Å². The van der Waals surface area contributed by atoms with Crippen molar-refractivity contribution in [2.75, 3.05) is 13.2 Å². The minimum Gasteiger partial charge on any atom is -0.494 e. The van der Waals surface area contributed by atoms with Crippen LogP contribution in [0.4, 0.5) is 0 Å². The van der Waals surface area contributed by atoms with Crippen LogP contribution in [0.3, 0.4) is 0 Å². The summed E-state index contributed by atoms with van der Waals surface area (Å²) in [6, 6.07) is 5.59. The summed E-state index contributed by atoms with van der Waals surface area (Å²) in [5.74, 6) is 1.27. The van der Waals surface area contributed by atoms with Gasteiger partial charge in [0.2, 0.25) is 0 Å². The van der Waals surface area contributed by atoms with Crippen LogP contribution in [0.15, 0.2) is 18.2 Å². The first-order valence-electron chi connectivity index (χ1n) is 6.89. The van der Waals surface area contributed by atoms with Gasteiger partial charge in [0.1, 0.15) is 5.75 Å². The lowest BCUT2D eigenvalue weighted by molar-refractivity contribution is 0.0950. The Morgan fingerprint density at radius 2 is 2.26 bits per heavy atom. The van der Waals surface area contributed by atoms with Crippen molar-refractivity contribution in [3.8, 4) is 5.75 Å². The number of hydrogen-bond donors (Lipinski definition) is 2. The fraction of sp³-hybridized carbons (Fsp3) is 0.533. The highest BCUT2D eigenvalue weighted by molar-refractivity contribution is 5.94. The van der Waals surface area contributed by atoms with E-state index in [9.17, 15) is 4.79 Å². The summed E-state index contributed by atoms with van der Waals surface area (Å²) in [4.78, 5) is 12.0. The number of nitrogens with two attached hydrogens (primary N) is 1. The fourth-order valence-corrected chi connectivity index (χ4v) is 2.06. The molecule has 4 heteroatoms. The average Bonchev–Trinajstić information content (AvgIpc) is 3.22. The maximum Gasteiger partial charge on any atom is 0.251 e. The van der Waals surface area contributed by atoms with Gasteiger partial charge in [0, 0.05) is 18.2 Å². The molecule has 0 aliphatic heterocycles. The number of carbonyl (C=O) groups excluding carboxylic acids is 1. The van der Waals surface area contributed by atoms with Crippen LogP contribution in [0.25, 0.3) is 0 Å². The maximum atomic E-state index is 12.0. The molecular weight excluding hydrogens is 240 g/mol. The number of ether oxygens (including phenoxy) is 1. The third-order valence-corrected chi connectivity index (χ3v) is 3.48. The summed E-state index contributed by atoms with van der Waals surface area (Å²) in [6.07, 6.45) is 2.38. The highest BCUT2D eigenvalue weighted by atomic mass is 16.5. The molecule has 2 rings (SSSR count). The summed E-state index contributed by atoms with van der Waals surface area (Å²) in [5.41, 5.74) is 7.63. The number of aryl methyl sites for hydroxylation is 1. The predicted molar refractivity (Wildman–Crippen MR) is 75.4 cm³/mol. The molecule has 0 radical (unpaired) electrons. The molecule has 1 unspecified atom stereocenters. The van der Waals surface area contributed by atoms with E-state index in [-0.39, 0.29) is 11.9 Å². The Labute approximate surface area is 114 Å². The van der Waals surface area contributed by atoms with Gasteiger partial charge >= 0.3 is 0 Å². The van der Waals surface area contributed by atoms with Gasteiger partial charge in [-0.15, -0.1) is 0 Å². The maximum absolute atomic E-state index is 12.0. The quantitative estimate of drug-likeness (QED) is 0.822. The monoisotopic (exact) mass is 262 g/mol. The van der Waals surface area contributed by atoms with Crippen molar-refractivity contribution < 1.29 is 9.53 Å². The Hall–Kier alpha value is -1.55. The van der Waals surface area contributed by atoms with E-state index in [0.29, 0.717) is 24.6 Å². The van der Waals surface area contributed by atoms with E-state index in [1.165, 1.54) is 12.8 Å². The van der Waals surface area contributed by atoms with Crippen molar-refractivity contribution in [2.45, 2.75) is 32.7 Å². The summed E-state index contributed by atoms with van der Waals surface area (Å²) in [7, 11) is 0. The van der Waals surface area contributed by atoms with Crippen molar-refractivity contribution in [3.05, 3.63) is 29.3 Å². The first-order valence-corrected chi connectivity index (χ1v) is 6.89. The summed E-state index contributed by atoms with van der Waals surface area (Å²) >= 11 is 0.